The fraction of sp³-hybridized carbons (Fsp3) is 0.520. The van der Waals surface area contributed by atoms with Gasteiger partial charge in [-0.25, -0.2) is 0 Å². The number of anilines is 2. The number of ether oxygens (including phenoxy) is 1. The number of carbonyl (C=O) groups is 1. The number of hydrogen-bond acceptors (Lipinski definition) is 5. The monoisotopic (exact) mass is 422 g/mol. The highest BCUT2D eigenvalue weighted by Crippen LogP contribution is 2.45. The number of carbonyl (C=O) groups excluding carboxylic acids is 1. The van der Waals surface area contributed by atoms with Gasteiger partial charge in [0.15, 0.2) is 0 Å². The molecule has 2 aliphatic heterocycles. The topological polar surface area (TPSA) is 71.7 Å². The molecule has 3 heterocycles. The van der Waals surface area contributed by atoms with Gasteiger partial charge in [0, 0.05) is 55.4 Å². The van der Waals surface area contributed by atoms with Crippen LogP contribution in [0.25, 0.3) is 0 Å². The summed E-state index contributed by atoms with van der Waals surface area (Å²) in [5, 5.41) is 0. The van der Waals surface area contributed by atoms with Crippen LogP contribution in [0.2, 0.25) is 0 Å². The molecular formula is C25H34N4O2. The van der Waals surface area contributed by atoms with E-state index in [0.717, 1.165) is 49.7 Å². The molecule has 1 aromatic heterocycles. The number of aromatic nitrogens is 1. The molecule has 166 valence electrons. The zero-order valence-corrected chi connectivity index (χ0v) is 19.0. The fourth-order valence-electron chi connectivity index (χ4n) is 4.95. The molecule has 2 N–H and O–H groups in total. The highest BCUT2D eigenvalue weighted by Gasteiger charge is 2.38. The van der Waals surface area contributed by atoms with Crippen LogP contribution in [0, 0.1) is 5.92 Å². The van der Waals surface area contributed by atoms with Crippen molar-refractivity contribution in [2.24, 2.45) is 11.7 Å². The zero-order valence-electron chi connectivity index (χ0n) is 19.0. The van der Waals surface area contributed by atoms with Crippen LogP contribution in [0.5, 0.6) is 0 Å². The predicted molar refractivity (Wildman–Crippen MR) is 125 cm³/mol. The van der Waals surface area contributed by atoms with E-state index in [2.05, 4.69) is 49.1 Å². The molecule has 4 atom stereocenters. The van der Waals surface area contributed by atoms with Gasteiger partial charge in [0.05, 0.1) is 13.2 Å². The first-order valence-electron chi connectivity index (χ1n) is 11.3. The first-order valence-corrected chi connectivity index (χ1v) is 11.3. The second-order valence-electron chi connectivity index (χ2n) is 9.01. The maximum Gasteiger partial charge on any atom is 0.224 e. The van der Waals surface area contributed by atoms with Gasteiger partial charge in [0.25, 0.3) is 0 Å². The highest BCUT2D eigenvalue weighted by molar-refractivity contribution is 5.94. The summed E-state index contributed by atoms with van der Waals surface area (Å²) in [6.45, 7) is 11.3. The minimum atomic E-state index is -0.0175. The molecule has 4 unspecified atom stereocenters. The van der Waals surface area contributed by atoms with E-state index in [1.54, 1.807) is 6.92 Å². The Morgan fingerprint density at radius 1 is 1.23 bits per heavy atom. The number of morpholine rings is 1. The smallest absolute Gasteiger partial charge is 0.224 e. The Kier molecular flexibility index (Phi) is 6.30. The SMILES string of the molecule is CC(=O)N1c2ccc(N3CCOCC3)cc2C(Cc2ccc(C(C)N)cn2)C(C)C1C. The molecule has 1 saturated heterocycles. The van der Waals surface area contributed by atoms with E-state index in [9.17, 15) is 4.79 Å². The highest BCUT2D eigenvalue weighted by atomic mass is 16.5. The molecule has 0 radical (unpaired) electrons. The molecule has 0 saturated carbocycles. The van der Waals surface area contributed by atoms with E-state index in [0.29, 0.717) is 5.92 Å². The number of fused-ring (bicyclic) bond motifs is 1. The number of hydrogen-bond donors (Lipinski definition) is 1. The van der Waals surface area contributed by atoms with Gasteiger partial charge >= 0.3 is 0 Å². The summed E-state index contributed by atoms with van der Waals surface area (Å²) in [6, 6.07) is 10.9. The summed E-state index contributed by atoms with van der Waals surface area (Å²) in [6.07, 6.45) is 2.74. The lowest BCUT2D eigenvalue weighted by Crippen LogP contribution is -2.47. The molecule has 2 aliphatic rings. The van der Waals surface area contributed by atoms with Crippen LogP contribution in [-0.4, -0.2) is 43.2 Å². The number of nitrogens with zero attached hydrogens (tertiary/aromatic N) is 3. The maximum atomic E-state index is 12.5. The number of benzene rings is 1. The number of pyridine rings is 1. The van der Waals surface area contributed by atoms with E-state index in [4.69, 9.17) is 15.5 Å². The van der Waals surface area contributed by atoms with E-state index < -0.39 is 0 Å². The zero-order chi connectivity index (χ0) is 22.1. The van der Waals surface area contributed by atoms with Crippen molar-refractivity contribution in [1.29, 1.82) is 0 Å². The fourth-order valence-corrected chi connectivity index (χ4v) is 4.95. The van der Waals surface area contributed by atoms with Gasteiger partial charge < -0.3 is 20.3 Å². The molecule has 31 heavy (non-hydrogen) atoms. The van der Waals surface area contributed by atoms with Crippen LogP contribution >= 0.6 is 0 Å². The second kappa shape index (κ2) is 8.97. The van der Waals surface area contributed by atoms with Gasteiger partial charge in [-0.05, 0) is 67.5 Å². The van der Waals surface area contributed by atoms with Gasteiger partial charge in [-0.15, -0.1) is 0 Å². The van der Waals surface area contributed by atoms with Crippen LogP contribution in [0.15, 0.2) is 36.5 Å². The van der Waals surface area contributed by atoms with Gasteiger partial charge in [-0.3, -0.25) is 9.78 Å². The minimum absolute atomic E-state index is 0.0175. The molecule has 2 aromatic rings. The molecule has 1 aromatic carbocycles. The Morgan fingerprint density at radius 2 is 1.97 bits per heavy atom. The molecule has 6 nitrogen and oxygen atoms in total. The van der Waals surface area contributed by atoms with Crippen molar-refractivity contribution in [3.05, 3.63) is 53.3 Å². The van der Waals surface area contributed by atoms with Crippen molar-refractivity contribution in [1.82, 2.24) is 4.98 Å². The summed E-state index contributed by atoms with van der Waals surface area (Å²) in [5.41, 5.74) is 11.6. The summed E-state index contributed by atoms with van der Waals surface area (Å²) < 4.78 is 5.53. The molecule has 1 fully saturated rings. The van der Waals surface area contributed by atoms with Crippen LogP contribution in [-0.2, 0) is 16.0 Å². The third-order valence-corrected chi connectivity index (χ3v) is 6.99. The summed E-state index contributed by atoms with van der Waals surface area (Å²) in [5.74, 6) is 0.694. The average molecular weight is 423 g/mol. The normalized spacial score (nSPS) is 24.6. The van der Waals surface area contributed by atoms with Crippen LogP contribution in [0.3, 0.4) is 0 Å². The summed E-state index contributed by atoms with van der Waals surface area (Å²) >= 11 is 0. The third-order valence-electron chi connectivity index (χ3n) is 6.99. The number of amides is 1. The predicted octanol–water partition coefficient (Wildman–Crippen LogP) is 3.66. The van der Waals surface area contributed by atoms with Crippen molar-refractivity contribution in [3.8, 4) is 0 Å². The second-order valence-corrected chi connectivity index (χ2v) is 9.01. The van der Waals surface area contributed by atoms with E-state index in [1.807, 2.05) is 18.0 Å². The maximum absolute atomic E-state index is 12.5. The molecule has 0 bridgehead atoms. The van der Waals surface area contributed by atoms with Crippen LogP contribution in [0.1, 0.15) is 56.5 Å². The molecule has 0 aliphatic carbocycles. The van der Waals surface area contributed by atoms with Crippen molar-refractivity contribution in [2.45, 2.75) is 52.1 Å². The van der Waals surface area contributed by atoms with E-state index in [1.165, 1.54) is 11.3 Å². The number of nitrogens with two attached hydrogens (primary N) is 1. The van der Waals surface area contributed by atoms with Crippen molar-refractivity contribution in [2.75, 3.05) is 36.1 Å². The Hall–Kier alpha value is -2.44. The van der Waals surface area contributed by atoms with Gasteiger partial charge in [0.2, 0.25) is 5.91 Å². The standard InChI is InChI=1S/C25H34N4O2/c1-16-18(3)29(19(4)30)25-8-7-22(28-9-11-31-12-10-28)14-24(25)23(16)13-21-6-5-20(15-27-21)17(2)26/h5-8,14-18,23H,9-13,26H2,1-4H3. The van der Waals surface area contributed by atoms with Crippen molar-refractivity contribution < 1.29 is 9.53 Å². The first-order chi connectivity index (χ1) is 14.9. The van der Waals surface area contributed by atoms with Crippen LogP contribution < -0.4 is 15.5 Å². The molecular weight excluding hydrogens is 388 g/mol. The Bertz CT molecular complexity index is 922. The Labute approximate surface area is 185 Å². The lowest BCUT2D eigenvalue weighted by molar-refractivity contribution is -0.117. The summed E-state index contributed by atoms with van der Waals surface area (Å²) in [7, 11) is 0. The molecule has 4 rings (SSSR count). The lowest BCUT2D eigenvalue weighted by Gasteiger charge is -2.44. The molecule has 0 spiro atoms. The first kappa shape index (κ1) is 21.8. The average Bonchev–Trinajstić information content (AvgIpc) is 2.77. The minimum Gasteiger partial charge on any atom is -0.378 e. The Morgan fingerprint density at radius 3 is 2.58 bits per heavy atom. The van der Waals surface area contributed by atoms with Gasteiger partial charge in [-0.2, -0.15) is 0 Å². The number of rotatable bonds is 4. The lowest BCUT2D eigenvalue weighted by atomic mass is 9.75. The van der Waals surface area contributed by atoms with Gasteiger partial charge in [-0.1, -0.05) is 13.0 Å². The van der Waals surface area contributed by atoms with Gasteiger partial charge in [0.1, 0.15) is 0 Å². The largest absolute Gasteiger partial charge is 0.378 e. The van der Waals surface area contributed by atoms with E-state index >= 15 is 0 Å². The molecule has 6 heteroatoms. The van der Waals surface area contributed by atoms with E-state index in [-0.39, 0.29) is 23.9 Å². The van der Waals surface area contributed by atoms with Crippen molar-refractivity contribution >= 4 is 17.3 Å². The third kappa shape index (κ3) is 4.32. The quantitative estimate of drug-likeness (QED) is 0.814. The Balaban J connectivity index is 1.72. The van der Waals surface area contributed by atoms with Crippen LogP contribution in [0.4, 0.5) is 11.4 Å². The van der Waals surface area contributed by atoms with Crippen molar-refractivity contribution in [3.63, 3.8) is 0 Å². The molecule has 1 amide bonds. The summed E-state index contributed by atoms with van der Waals surface area (Å²) in [4.78, 5) is 21.6.